The van der Waals surface area contributed by atoms with Crippen LogP contribution in [0.25, 0.3) is 10.9 Å². The van der Waals surface area contributed by atoms with Crippen LogP contribution in [0.4, 0.5) is 0 Å². The molecule has 0 N–H and O–H groups in total. The Bertz CT molecular complexity index is 1220. The molecule has 5 rings (SSSR count). The molecule has 0 saturated carbocycles. The summed E-state index contributed by atoms with van der Waals surface area (Å²) in [4.78, 5) is 17.6. The number of hydrogen-bond acceptors (Lipinski definition) is 3. The Labute approximate surface area is 188 Å². The lowest BCUT2D eigenvalue weighted by Crippen LogP contribution is -2.48. The molecule has 1 saturated heterocycles. The van der Waals surface area contributed by atoms with E-state index in [1.165, 1.54) is 27.7 Å². The quantitative estimate of drug-likeness (QED) is 0.457. The van der Waals surface area contributed by atoms with Gasteiger partial charge in [0.15, 0.2) is 0 Å². The third-order valence-corrected chi connectivity index (χ3v) is 6.69. The Morgan fingerprint density at radius 2 is 1.69 bits per heavy atom. The number of carbonyl (C=O) groups excluding carboxylic acids is 1. The van der Waals surface area contributed by atoms with Crippen LogP contribution in [-0.2, 0) is 13.1 Å². The van der Waals surface area contributed by atoms with Crippen molar-refractivity contribution >= 4 is 16.8 Å². The van der Waals surface area contributed by atoms with Crippen molar-refractivity contribution in [1.82, 2.24) is 14.4 Å². The van der Waals surface area contributed by atoms with Gasteiger partial charge in [0.2, 0.25) is 0 Å². The van der Waals surface area contributed by atoms with Crippen LogP contribution in [0.1, 0.15) is 32.9 Å². The number of carbonyl (C=O) groups is 1. The van der Waals surface area contributed by atoms with Crippen molar-refractivity contribution in [2.24, 2.45) is 0 Å². The van der Waals surface area contributed by atoms with Gasteiger partial charge in [-0.1, -0.05) is 30.3 Å². The van der Waals surface area contributed by atoms with Gasteiger partial charge in [-0.2, -0.15) is 0 Å². The van der Waals surface area contributed by atoms with E-state index >= 15 is 0 Å². The molecule has 164 valence electrons. The summed E-state index contributed by atoms with van der Waals surface area (Å²) in [5.74, 6) is 1.10. The molecule has 1 amide bonds. The highest BCUT2D eigenvalue weighted by Gasteiger charge is 2.23. The predicted octanol–water partition coefficient (Wildman–Crippen LogP) is 4.86. The molecule has 3 heterocycles. The van der Waals surface area contributed by atoms with Gasteiger partial charge in [0.25, 0.3) is 5.91 Å². The molecular weight excluding hydrogens is 398 g/mol. The van der Waals surface area contributed by atoms with E-state index < -0.39 is 0 Å². The van der Waals surface area contributed by atoms with E-state index in [1.54, 1.807) is 6.26 Å². The van der Waals surface area contributed by atoms with Crippen LogP contribution >= 0.6 is 0 Å². The molecule has 0 spiro atoms. The van der Waals surface area contributed by atoms with Crippen LogP contribution in [0, 0.1) is 13.8 Å². The number of fused-ring (bicyclic) bond motifs is 1. The first kappa shape index (κ1) is 20.6. The molecule has 1 aliphatic heterocycles. The van der Waals surface area contributed by atoms with Gasteiger partial charge >= 0.3 is 0 Å². The van der Waals surface area contributed by atoms with Gasteiger partial charge in [-0.25, -0.2) is 0 Å². The summed E-state index contributed by atoms with van der Waals surface area (Å²) in [6.45, 7) is 9.16. The summed E-state index contributed by atoms with van der Waals surface area (Å²) in [6, 6.07) is 20.6. The van der Waals surface area contributed by atoms with Crippen molar-refractivity contribution in [2.45, 2.75) is 26.9 Å². The lowest BCUT2D eigenvalue weighted by Gasteiger charge is -2.34. The first-order valence-corrected chi connectivity index (χ1v) is 11.3. The largest absolute Gasteiger partial charge is 0.468 e. The summed E-state index contributed by atoms with van der Waals surface area (Å²) in [5.41, 5.74) is 5.73. The highest BCUT2D eigenvalue weighted by atomic mass is 16.3. The molecule has 5 nitrogen and oxygen atoms in total. The van der Waals surface area contributed by atoms with Crippen molar-refractivity contribution in [3.63, 3.8) is 0 Å². The molecule has 5 heteroatoms. The number of amides is 1. The minimum Gasteiger partial charge on any atom is -0.468 e. The van der Waals surface area contributed by atoms with E-state index in [0.29, 0.717) is 0 Å². The molecule has 4 aromatic rings. The van der Waals surface area contributed by atoms with Crippen molar-refractivity contribution in [3.05, 3.63) is 95.1 Å². The normalized spacial score (nSPS) is 14.9. The maximum atomic E-state index is 13.2. The van der Waals surface area contributed by atoms with Crippen LogP contribution in [0.15, 0.2) is 71.3 Å². The number of nitrogens with zero attached hydrogens (tertiary/aromatic N) is 3. The average Bonchev–Trinajstić information content (AvgIpc) is 3.42. The zero-order chi connectivity index (χ0) is 22.1. The zero-order valence-corrected chi connectivity index (χ0v) is 18.8. The molecule has 0 unspecified atom stereocenters. The predicted molar refractivity (Wildman–Crippen MR) is 127 cm³/mol. The number of aryl methyl sites for hydroxylation is 1. The second-order valence-corrected chi connectivity index (χ2v) is 8.66. The number of aromatic nitrogens is 1. The molecule has 0 bridgehead atoms. The van der Waals surface area contributed by atoms with E-state index in [2.05, 4.69) is 59.7 Å². The van der Waals surface area contributed by atoms with Crippen LogP contribution < -0.4 is 0 Å². The topological polar surface area (TPSA) is 41.6 Å². The number of benzene rings is 2. The zero-order valence-electron chi connectivity index (χ0n) is 18.8. The maximum Gasteiger partial charge on any atom is 0.253 e. The smallest absolute Gasteiger partial charge is 0.253 e. The Morgan fingerprint density at radius 3 is 2.41 bits per heavy atom. The van der Waals surface area contributed by atoms with E-state index in [1.807, 2.05) is 29.2 Å². The monoisotopic (exact) mass is 427 g/mol. The standard InChI is InChI=1S/C27H29N3O2/c1-20-21(2)30(18-22-7-4-3-5-8-22)26-11-10-23(17-25(20)26)27(31)29-14-12-28(13-15-29)19-24-9-6-16-32-24/h3-11,16-17H,12-15,18-19H2,1-2H3. The molecular formula is C27H29N3O2. The molecule has 0 radical (unpaired) electrons. The fraction of sp³-hybridized carbons (Fsp3) is 0.296. The summed E-state index contributed by atoms with van der Waals surface area (Å²) < 4.78 is 7.81. The van der Waals surface area contributed by atoms with E-state index in [0.717, 1.165) is 50.6 Å². The lowest BCUT2D eigenvalue weighted by atomic mass is 10.1. The van der Waals surface area contributed by atoms with Crippen LogP contribution in [0.5, 0.6) is 0 Å². The molecule has 0 atom stereocenters. The van der Waals surface area contributed by atoms with Crippen LogP contribution in [0.3, 0.4) is 0 Å². The van der Waals surface area contributed by atoms with Crippen molar-refractivity contribution in [1.29, 1.82) is 0 Å². The molecule has 0 aliphatic carbocycles. The van der Waals surface area contributed by atoms with Gasteiger partial charge in [0.1, 0.15) is 5.76 Å². The maximum absolute atomic E-state index is 13.2. The van der Waals surface area contributed by atoms with Crippen LogP contribution in [-0.4, -0.2) is 46.5 Å². The minimum absolute atomic E-state index is 0.123. The molecule has 2 aromatic heterocycles. The number of rotatable bonds is 5. The Kier molecular flexibility index (Phi) is 5.58. The van der Waals surface area contributed by atoms with Crippen molar-refractivity contribution in [2.75, 3.05) is 26.2 Å². The lowest BCUT2D eigenvalue weighted by molar-refractivity contribution is 0.0620. The highest BCUT2D eigenvalue weighted by molar-refractivity contribution is 5.99. The summed E-state index contributed by atoms with van der Waals surface area (Å²) >= 11 is 0. The fourth-order valence-electron chi connectivity index (χ4n) is 4.67. The SMILES string of the molecule is Cc1c(C)n(Cc2ccccc2)c2ccc(C(=O)N3CCN(Cc4ccco4)CC3)cc12. The van der Waals surface area contributed by atoms with Gasteiger partial charge in [-0.05, 0) is 55.3 Å². The Morgan fingerprint density at radius 1 is 0.906 bits per heavy atom. The van der Waals surface area contributed by atoms with Gasteiger partial charge in [-0.15, -0.1) is 0 Å². The van der Waals surface area contributed by atoms with Gasteiger partial charge in [0.05, 0.1) is 12.8 Å². The fourth-order valence-corrected chi connectivity index (χ4v) is 4.67. The summed E-state index contributed by atoms with van der Waals surface area (Å²) in [5, 5.41) is 1.17. The summed E-state index contributed by atoms with van der Waals surface area (Å²) in [7, 11) is 0. The number of piperazine rings is 1. The van der Waals surface area contributed by atoms with E-state index in [4.69, 9.17) is 4.42 Å². The number of furan rings is 1. The molecule has 1 aliphatic rings. The second kappa shape index (κ2) is 8.67. The first-order valence-electron chi connectivity index (χ1n) is 11.3. The Balaban J connectivity index is 1.32. The first-order chi connectivity index (χ1) is 15.6. The van der Waals surface area contributed by atoms with Crippen molar-refractivity contribution in [3.8, 4) is 0 Å². The van der Waals surface area contributed by atoms with E-state index in [-0.39, 0.29) is 5.91 Å². The van der Waals surface area contributed by atoms with Gasteiger partial charge in [-0.3, -0.25) is 9.69 Å². The second-order valence-electron chi connectivity index (χ2n) is 8.66. The molecule has 2 aromatic carbocycles. The average molecular weight is 428 g/mol. The highest BCUT2D eigenvalue weighted by Crippen LogP contribution is 2.28. The summed E-state index contributed by atoms with van der Waals surface area (Å²) in [6.07, 6.45) is 1.71. The van der Waals surface area contributed by atoms with E-state index in [9.17, 15) is 4.79 Å². The van der Waals surface area contributed by atoms with Crippen molar-refractivity contribution < 1.29 is 9.21 Å². The molecule has 32 heavy (non-hydrogen) atoms. The van der Waals surface area contributed by atoms with Gasteiger partial charge in [0, 0.05) is 54.9 Å². The Hall–Kier alpha value is -3.31. The molecule has 1 fully saturated rings. The third-order valence-electron chi connectivity index (χ3n) is 6.69. The minimum atomic E-state index is 0.123. The number of hydrogen-bond donors (Lipinski definition) is 0. The van der Waals surface area contributed by atoms with Gasteiger partial charge < -0.3 is 13.9 Å². The third kappa shape index (κ3) is 3.96. The van der Waals surface area contributed by atoms with Crippen LogP contribution in [0.2, 0.25) is 0 Å².